The molecule has 0 spiro atoms. The van der Waals surface area contributed by atoms with Crippen LogP contribution >= 0.6 is 11.6 Å². The summed E-state index contributed by atoms with van der Waals surface area (Å²) in [7, 11) is -3.60. The van der Waals surface area contributed by atoms with Crippen molar-refractivity contribution in [2.24, 2.45) is 0 Å². The van der Waals surface area contributed by atoms with Crippen LogP contribution < -0.4 is 10.0 Å². The smallest absolute Gasteiger partial charge is 0.240 e. The molecule has 1 heterocycles. The average molecular weight is 329 g/mol. The fourth-order valence-electron chi connectivity index (χ4n) is 1.75. The summed E-state index contributed by atoms with van der Waals surface area (Å²) < 4.78 is 27.0. The Hall–Kier alpha value is -1.41. The first kappa shape index (κ1) is 16.0. The van der Waals surface area contributed by atoms with Crippen molar-refractivity contribution in [1.82, 2.24) is 20.0 Å². The van der Waals surface area contributed by atoms with Gasteiger partial charge >= 0.3 is 0 Å². The number of H-pyrrole nitrogens is 1. The number of sulfonamides is 1. The van der Waals surface area contributed by atoms with Gasteiger partial charge in [-0.2, -0.15) is 0 Å². The van der Waals surface area contributed by atoms with Gasteiger partial charge in [-0.15, -0.1) is 0 Å². The van der Waals surface area contributed by atoms with Gasteiger partial charge in [-0.25, -0.2) is 18.1 Å². The highest BCUT2D eigenvalue weighted by molar-refractivity contribution is 7.89. The molecule has 0 bridgehead atoms. The van der Waals surface area contributed by atoms with E-state index in [9.17, 15) is 8.42 Å². The Balaban J connectivity index is 2.15. The summed E-state index contributed by atoms with van der Waals surface area (Å²) in [5, 5.41) is 3.67. The van der Waals surface area contributed by atoms with E-state index in [2.05, 4.69) is 20.0 Å². The van der Waals surface area contributed by atoms with Crippen LogP contribution in [0.25, 0.3) is 0 Å². The average Bonchev–Trinajstić information content (AvgIpc) is 2.97. The molecule has 0 amide bonds. The summed E-state index contributed by atoms with van der Waals surface area (Å²) in [6, 6.07) is 4.66. The minimum atomic E-state index is -3.60. The fraction of sp³-hybridized carbons (Fsp3) is 0.308. The molecule has 0 saturated carbocycles. The summed E-state index contributed by atoms with van der Waals surface area (Å²) in [4.78, 5) is 7.00. The van der Waals surface area contributed by atoms with E-state index in [1.807, 2.05) is 6.92 Å². The van der Waals surface area contributed by atoms with Crippen LogP contribution in [0.4, 0.5) is 0 Å². The lowest BCUT2D eigenvalue weighted by Crippen LogP contribution is -2.24. The van der Waals surface area contributed by atoms with Crippen molar-refractivity contribution in [3.63, 3.8) is 0 Å². The number of benzene rings is 1. The number of rotatable bonds is 7. The highest BCUT2D eigenvalue weighted by atomic mass is 35.5. The SMILES string of the molecule is CCNCc1cc(S(=O)(=O)NCc2ncc[nH]2)ccc1Cl. The number of halogens is 1. The number of nitrogens with zero attached hydrogens (tertiary/aromatic N) is 1. The molecule has 0 aliphatic rings. The second-order valence-electron chi connectivity index (χ2n) is 4.39. The number of imidazole rings is 1. The summed E-state index contributed by atoms with van der Waals surface area (Å²) in [6.45, 7) is 3.39. The van der Waals surface area contributed by atoms with Crippen molar-refractivity contribution in [3.05, 3.63) is 47.0 Å². The Morgan fingerprint density at radius 2 is 2.14 bits per heavy atom. The molecule has 2 rings (SSSR count). The second kappa shape index (κ2) is 7.04. The Kier molecular flexibility index (Phi) is 5.35. The van der Waals surface area contributed by atoms with E-state index < -0.39 is 10.0 Å². The van der Waals surface area contributed by atoms with Crippen LogP contribution in [0.5, 0.6) is 0 Å². The molecule has 0 saturated heterocycles. The maximum atomic E-state index is 12.2. The fourth-order valence-corrected chi connectivity index (χ4v) is 2.98. The number of aromatic nitrogens is 2. The van der Waals surface area contributed by atoms with Crippen LogP contribution in [0.1, 0.15) is 18.3 Å². The van der Waals surface area contributed by atoms with Crippen LogP contribution in [0, 0.1) is 0 Å². The van der Waals surface area contributed by atoms with Crippen LogP contribution in [0.3, 0.4) is 0 Å². The van der Waals surface area contributed by atoms with Gasteiger partial charge in [0.15, 0.2) is 0 Å². The second-order valence-corrected chi connectivity index (χ2v) is 6.57. The van der Waals surface area contributed by atoms with Crippen LogP contribution in [0.2, 0.25) is 5.02 Å². The number of aromatic amines is 1. The third-order valence-corrected chi connectivity index (χ3v) is 4.65. The summed E-state index contributed by atoms with van der Waals surface area (Å²) in [5.74, 6) is 0.556. The molecule has 3 N–H and O–H groups in total. The largest absolute Gasteiger partial charge is 0.347 e. The van der Waals surface area contributed by atoms with E-state index in [-0.39, 0.29) is 11.4 Å². The van der Waals surface area contributed by atoms with E-state index in [0.717, 1.165) is 12.1 Å². The van der Waals surface area contributed by atoms with E-state index in [1.165, 1.54) is 6.07 Å². The first-order valence-electron chi connectivity index (χ1n) is 6.50. The van der Waals surface area contributed by atoms with Crippen molar-refractivity contribution in [2.45, 2.75) is 24.9 Å². The lowest BCUT2D eigenvalue weighted by Gasteiger charge is -2.09. The van der Waals surface area contributed by atoms with E-state index in [1.54, 1.807) is 24.5 Å². The zero-order valence-corrected chi connectivity index (χ0v) is 13.1. The van der Waals surface area contributed by atoms with Crippen molar-refractivity contribution >= 4 is 21.6 Å². The van der Waals surface area contributed by atoms with E-state index in [4.69, 9.17) is 11.6 Å². The molecule has 0 fully saturated rings. The predicted molar refractivity (Wildman–Crippen MR) is 81.4 cm³/mol. The van der Waals surface area contributed by atoms with Gasteiger partial charge in [-0.1, -0.05) is 18.5 Å². The highest BCUT2D eigenvalue weighted by Crippen LogP contribution is 2.20. The minimum Gasteiger partial charge on any atom is -0.347 e. The Morgan fingerprint density at radius 3 is 2.81 bits per heavy atom. The van der Waals surface area contributed by atoms with Gasteiger partial charge < -0.3 is 10.3 Å². The monoisotopic (exact) mass is 328 g/mol. The van der Waals surface area contributed by atoms with Crippen molar-refractivity contribution in [2.75, 3.05) is 6.54 Å². The van der Waals surface area contributed by atoms with Crippen molar-refractivity contribution in [1.29, 1.82) is 0 Å². The Labute approximate surface area is 129 Å². The van der Waals surface area contributed by atoms with Gasteiger partial charge in [0.2, 0.25) is 10.0 Å². The van der Waals surface area contributed by atoms with Crippen LogP contribution in [-0.2, 0) is 23.1 Å². The number of hydrogen-bond donors (Lipinski definition) is 3. The normalized spacial score (nSPS) is 11.7. The molecule has 0 atom stereocenters. The lowest BCUT2D eigenvalue weighted by atomic mass is 10.2. The molecule has 114 valence electrons. The molecule has 1 aromatic heterocycles. The standard InChI is InChI=1S/C13H17ClN4O2S/c1-2-15-8-10-7-11(3-4-12(10)14)21(19,20)18-9-13-16-5-6-17-13/h3-7,15,18H,2,8-9H2,1H3,(H,16,17). The van der Waals surface area contributed by atoms with Crippen molar-refractivity contribution < 1.29 is 8.42 Å². The molecule has 0 radical (unpaired) electrons. The summed E-state index contributed by atoms with van der Waals surface area (Å²) >= 11 is 6.07. The molecular weight excluding hydrogens is 312 g/mol. The molecule has 0 aliphatic heterocycles. The maximum absolute atomic E-state index is 12.2. The third-order valence-electron chi connectivity index (χ3n) is 2.88. The number of nitrogens with one attached hydrogen (secondary N) is 3. The topological polar surface area (TPSA) is 86.9 Å². The van der Waals surface area contributed by atoms with Gasteiger partial charge in [-0.05, 0) is 30.3 Å². The summed E-state index contributed by atoms with van der Waals surface area (Å²) in [6.07, 6.45) is 3.21. The minimum absolute atomic E-state index is 0.112. The molecule has 8 heteroatoms. The zero-order chi connectivity index (χ0) is 15.3. The molecule has 1 aromatic carbocycles. The molecular formula is C13H17ClN4O2S. The quantitative estimate of drug-likeness (QED) is 0.721. The predicted octanol–water partition coefficient (Wildman–Crippen LogP) is 1.65. The van der Waals surface area contributed by atoms with Gasteiger partial charge in [0.1, 0.15) is 5.82 Å². The van der Waals surface area contributed by atoms with Crippen LogP contribution in [0.15, 0.2) is 35.5 Å². The highest BCUT2D eigenvalue weighted by Gasteiger charge is 2.16. The van der Waals surface area contributed by atoms with E-state index >= 15 is 0 Å². The van der Waals surface area contributed by atoms with Gasteiger partial charge in [0, 0.05) is 24.0 Å². The van der Waals surface area contributed by atoms with Crippen LogP contribution in [-0.4, -0.2) is 24.9 Å². The Bertz CT molecular complexity index is 686. The lowest BCUT2D eigenvalue weighted by molar-refractivity contribution is 0.579. The van der Waals surface area contributed by atoms with E-state index in [0.29, 0.717) is 17.4 Å². The van der Waals surface area contributed by atoms with Gasteiger partial charge in [0.05, 0.1) is 11.4 Å². The third kappa shape index (κ3) is 4.28. The van der Waals surface area contributed by atoms with Crippen molar-refractivity contribution in [3.8, 4) is 0 Å². The first-order chi connectivity index (χ1) is 10.0. The van der Waals surface area contributed by atoms with Gasteiger partial charge in [-0.3, -0.25) is 0 Å². The Morgan fingerprint density at radius 1 is 1.33 bits per heavy atom. The zero-order valence-electron chi connectivity index (χ0n) is 11.6. The molecule has 21 heavy (non-hydrogen) atoms. The first-order valence-corrected chi connectivity index (χ1v) is 8.36. The van der Waals surface area contributed by atoms with Gasteiger partial charge in [0.25, 0.3) is 0 Å². The molecule has 0 aliphatic carbocycles. The maximum Gasteiger partial charge on any atom is 0.240 e. The molecule has 2 aromatic rings. The summed E-state index contributed by atoms with van der Waals surface area (Å²) in [5.41, 5.74) is 0.749. The molecule has 6 nitrogen and oxygen atoms in total. The molecule has 0 unspecified atom stereocenters. The number of hydrogen-bond acceptors (Lipinski definition) is 4.